The Morgan fingerprint density at radius 1 is 1.12 bits per heavy atom. The van der Waals surface area contributed by atoms with E-state index in [2.05, 4.69) is 45.0 Å². The summed E-state index contributed by atoms with van der Waals surface area (Å²) in [5, 5.41) is 12.7. The molecule has 0 atom stereocenters. The zero-order valence-electron chi connectivity index (χ0n) is 10.9. The van der Waals surface area contributed by atoms with Gasteiger partial charge in [-0.1, -0.05) is 33.6 Å². The molecule has 88 valence electrons. The SMILES string of the molecule is C#CCNC1(C#N)CC(C)(C)CC(C)(C)C1. The number of nitrogens with zero attached hydrogens (tertiary/aromatic N) is 1. The first-order valence-corrected chi connectivity index (χ1v) is 5.84. The summed E-state index contributed by atoms with van der Waals surface area (Å²) in [6, 6.07) is 2.46. The van der Waals surface area contributed by atoms with E-state index in [0.717, 1.165) is 19.3 Å². The zero-order chi connectivity index (χ0) is 12.4. The number of hydrogen-bond donors (Lipinski definition) is 1. The maximum absolute atomic E-state index is 9.45. The van der Waals surface area contributed by atoms with Gasteiger partial charge in [-0.05, 0) is 30.1 Å². The number of nitrogens with one attached hydrogen (secondary N) is 1. The van der Waals surface area contributed by atoms with Crippen molar-refractivity contribution in [1.82, 2.24) is 5.32 Å². The van der Waals surface area contributed by atoms with E-state index in [1.807, 2.05) is 0 Å². The Hall–Kier alpha value is -0.990. The number of hydrogen-bond acceptors (Lipinski definition) is 2. The van der Waals surface area contributed by atoms with E-state index in [9.17, 15) is 5.26 Å². The van der Waals surface area contributed by atoms with Crippen LogP contribution < -0.4 is 5.32 Å². The van der Waals surface area contributed by atoms with Crippen LogP contribution in [-0.4, -0.2) is 12.1 Å². The van der Waals surface area contributed by atoms with Crippen LogP contribution in [0.5, 0.6) is 0 Å². The summed E-state index contributed by atoms with van der Waals surface area (Å²) in [6.45, 7) is 9.41. The summed E-state index contributed by atoms with van der Waals surface area (Å²) >= 11 is 0. The fraction of sp³-hybridized carbons (Fsp3) is 0.786. The molecule has 2 heteroatoms. The minimum absolute atomic E-state index is 0.194. The lowest BCUT2D eigenvalue weighted by Gasteiger charge is -2.49. The topological polar surface area (TPSA) is 35.8 Å². The molecule has 1 N–H and O–H groups in total. The minimum Gasteiger partial charge on any atom is -0.288 e. The molecule has 1 aliphatic carbocycles. The third-order valence-corrected chi connectivity index (χ3v) is 3.26. The lowest BCUT2D eigenvalue weighted by molar-refractivity contribution is 0.0573. The van der Waals surface area contributed by atoms with Gasteiger partial charge in [0.2, 0.25) is 0 Å². The Bertz CT molecular complexity index is 323. The third-order valence-electron chi connectivity index (χ3n) is 3.26. The van der Waals surface area contributed by atoms with Crippen LogP contribution in [0, 0.1) is 34.5 Å². The summed E-state index contributed by atoms with van der Waals surface area (Å²) in [6.07, 6.45) is 8.18. The fourth-order valence-electron chi connectivity index (χ4n) is 3.58. The van der Waals surface area contributed by atoms with Gasteiger partial charge in [0.25, 0.3) is 0 Å². The quantitative estimate of drug-likeness (QED) is 0.723. The van der Waals surface area contributed by atoms with Gasteiger partial charge in [0.1, 0.15) is 5.54 Å². The summed E-state index contributed by atoms with van der Waals surface area (Å²) in [4.78, 5) is 0. The van der Waals surface area contributed by atoms with Crippen LogP contribution in [0.3, 0.4) is 0 Å². The van der Waals surface area contributed by atoms with Crippen LogP contribution in [-0.2, 0) is 0 Å². The van der Waals surface area contributed by atoms with Crippen LogP contribution in [0.1, 0.15) is 47.0 Å². The molecule has 0 heterocycles. The molecule has 2 nitrogen and oxygen atoms in total. The molecule has 1 fully saturated rings. The summed E-state index contributed by atoms with van der Waals surface area (Å²) in [7, 11) is 0. The molecule has 1 saturated carbocycles. The van der Waals surface area contributed by atoms with Crippen LogP contribution in [0.25, 0.3) is 0 Å². The number of nitriles is 1. The molecule has 0 saturated heterocycles. The molecule has 1 aliphatic rings. The summed E-state index contributed by atoms with van der Waals surface area (Å²) < 4.78 is 0. The van der Waals surface area contributed by atoms with Crippen molar-refractivity contribution < 1.29 is 0 Å². The molecule has 0 unspecified atom stereocenters. The normalized spacial score (nSPS) is 25.4. The second-order valence-electron chi connectivity index (χ2n) is 6.61. The minimum atomic E-state index is -0.447. The van der Waals surface area contributed by atoms with E-state index < -0.39 is 5.54 Å². The van der Waals surface area contributed by atoms with Crippen LogP contribution in [0.2, 0.25) is 0 Å². The van der Waals surface area contributed by atoms with Gasteiger partial charge in [0.05, 0.1) is 12.6 Å². The molecule has 0 spiro atoms. The zero-order valence-corrected chi connectivity index (χ0v) is 10.9. The van der Waals surface area contributed by atoms with Crippen molar-refractivity contribution >= 4 is 0 Å². The van der Waals surface area contributed by atoms with E-state index in [-0.39, 0.29) is 10.8 Å². The largest absolute Gasteiger partial charge is 0.288 e. The monoisotopic (exact) mass is 218 g/mol. The van der Waals surface area contributed by atoms with Gasteiger partial charge < -0.3 is 0 Å². The molecule has 0 aromatic heterocycles. The van der Waals surface area contributed by atoms with Crippen molar-refractivity contribution in [3.8, 4) is 18.4 Å². The van der Waals surface area contributed by atoms with Crippen LogP contribution in [0.15, 0.2) is 0 Å². The maximum atomic E-state index is 9.45. The van der Waals surface area contributed by atoms with Gasteiger partial charge >= 0.3 is 0 Å². The summed E-state index contributed by atoms with van der Waals surface area (Å²) in [5.74, 6) is 2.57. The molecule has 0 bridgehead atoms. The summed E-state index contributed by atoms with van der Waals surface area (Å²) in [5.41, 5.74) is -0.0597. The first kappa shape index (κ1) is 13.1. The van der Waals surface area contributed by atoms with Crippen LogP contribution in [0.4, 0.5) is 0 Å². The maximum Gasteiger partial charge on any atom is 0.108 e. The standard InChI is InChI=1S/C14H22N2/c1-6-7-16-14(11-15)9-12(2,3)8-13(4,5)10-14/h1,16H,7-10H2,2-5H3. The first-order valence-electron chi connectivity index (χ1n) is 5.84. The highest BCUT2D eigenvalue weighted by molar-refractivity contribution is 5.15. The second kappa shape index (κ2) is 4.11. The van der Waals surface area contributed by atoms with E-state index in [1.165, 1.54) is 0 Å². The van der Waals surface area contributed by atoms with E-state index in [4.69, 9.17) is 6.42 Å². The van der Waals surface area contributed by atoms with Gasteiger partial charge in [-0.15, -0.1) is 6.42 Å². The molecule has 0 amide bonds. The van der Waals surface area contributed by atoms with Crippen molar-refractivity contribution in [1.29, 1.82) is 5.26 Å². The molecule has 0 aromatic carbocycles. The Balaban J connectivity index is 2.94. The molecule has 0 aliphatic heterocycles. The average Bonchev–Trinajstić information content (AvgIpc) is 2.10. The van der Waals surface area contributed by atoms with E-state index in [0.29, 0.717) is 6.54 Å². The highest BCUT2D eigenvalue weighted by Gasteiger charge is 2.47. The van der Waals surface area contributed by atoms with Gasteiger partial charge in [0, 0.05) is 0 Å². The Labute approximate surface area is 99.4 Å². The molecule has 0 radical (unpaired) electrons. The highest BCUT2D eigenvalue weighted by Crippen LogP contribution is 2.49. The average molecular weight is 218 g/mol. The van der Waals surface area contributed by atoms with Crippen molar-refractivity contribution in [3.63, 3.8) is 0 Å². The Morgan fingerprint density at radius 3 is 2.00 bits per heavy atom. The molecular formula is C14H22N2. The first-order chi connectivity index (χ1) is 7.24. The fourth-order valence-corrected chi connectivity index (χ4v) is 3.58. The van der Waals surface area contributed by atoms with Crippen molar-refractivity contribution in [3.05, 3.63) is 0 Å². The molecule has 0 aromatic rings. The van der Waals surface area contributed by atoms with Gasteiger partial charge in [0.15, 0.2) is 0 Å². The van der Waals surface area contributed by atoms with Crippen molar-refractivity contribution in [2.45, 2.75) is 52.5 Å². The molecule has 1 rings (SSSR count). The van der Waals surface area contributed by atoms with Crippen molar-refractivity contribution in [2.24, 2.45) is 10.8 Å². The van der Waals surface area contributed by atoms with E-state index >= 15 is 0 Å². The predicted molar refractivity (Wildman–Crippen MR) is 66.6 cm³/mol. The van der Waals surface area contributed by atoms with Gasteiger partial charge in [-0.2, -0.15) is 5.26 Å². The number of terminal acetylenes is 1. The van der Waals surface area contributed by atoms with Crippen molar-refractivity contribution in [2.75, 3.05) is 6.54 Å². The molecular weight excluding hydrogens is 196 g/mol. The highest BCUT2D eigenvalue weighted by atomic mass is 15.0. The van der Waals surface area contributed by atoms with Gasteiger partial charge in [-0.25, -0.2) is 0 Å². The Morgan fingerprint density at radius 2 is 1.62 bits per heavy atom. The predicted octanol–water partition coefficient (Wildman–Crippen LogP) is 2.71. The number of rotatable bonds is 2. The lowest BCUT2D eigenvalue weighted by atomic mass is 9.59. The second-order valence-corrected chi connectivity index (χ2v) is 6.61. The lowest BCUT2D eigenvalue weighted by Crippen LogP contribution is -2.54. The van der Waals surface area contributed by atoms with E-state index in [1.54, 1.807) is 0 Å². The van der Waals surface area contributed by atoms with Gasteiger partial charge in [-0.3, -0.25) is 5.32 Å². The Kier molecular flexibility index (Phi) is 3.36. The van der Waals surface area contributed by atoms with Crippen LogP contribution >= 0.6 is 0 Å². The smallest absolute Gasteiger partial charge is 0.108 e. The third kappa shape index (κ3) is 3.00. The molecule has 16 heavy (non-hydrogen) atoms.